The molecule has 1 fully saturated rings. The zero-order valence-corrected chi connectivity index (χ0v) is 10.1. The summed E-state index contributed by atoms with van der Waals surface area (Å²) in [6, 6.07) is 3.44. The van der Waals surface area contributed by atoms with Gasteiger partial charge in [-0.3, -0.25) is 4.79 Å². The lowest BCUT2D eigenvalue weighted by Crippen LogP contribution is -2.38. The summed E-state index contributed by atoms with van der Waals surface area (Å²) in [5.74, 6) is -1.11. The molecule has 1 aromatic carbocycles. The molecule has 98 valence electrons. The second-order valence-corrected chi connectivity index (χ2v) is 4.55. The van der Waals surface area contributed by atoms with Crippen molar-refractivity contribution in [3.05, 3.63) is 29.6 Å². The second kappa shape index (κ2) is 5.35. The molecule has 2 atom stereocenters. The Bertz CT molecular complexity index is 444. The van der Waals surface area contributed by atoms with E-state index in [9.17, 15) is 9.18 Å². The average Bonchev–Trinajstić information content (AvgIpc) is 2.81. The standard InChI is InChI=1S/C13H16FNO3/c1-8(9-4-5-18-7-9)15-13(17)11-3-2-10(16)6-12(11)14/h2-3,6,8-9,16H,4-5,7H2,1H3,(H,15,17)/t8-,9+/m1/s1. The van der Waals surface area contributed by atoms with Crippen LogP contribution in [-0.4, -0.2) is 30.3 Å². The highest BCUT2D eigenvalue weighted by atomic mass is 19.1. The molecule has 1 amide bonds. The average molecular weight is 253 g/mol. The number of carbonyl (C=O) groups is 1. The van der Waals surface area contributed by atoms with Crippen LogP contribution in [0.15, 0.2) is 18.2 Å². The summed E-state index contributed by atoms with van der Waals surface area (Å²) in [7, 11) is 0. The van der Waals surface area contributed by atoms with Gasteiger partial charge < -0.3 is 15.2 Å². The first kappa shape index (κ1) is 12.8. The van der Waals surface area contributed by atoms with Crippen LogP contribution in [0.25, 0.3) is 0 Å². The molecule has 0 aliphatic carbocycles. The number of phenolic OH excluding ortho intramolecular Hbond substituents is 1. The Balaban J connectivity index is 2.02. The molecule has 1 heterocycles. The van der Waals surface area contributed by atoms with Crippen molar-refractivity contribution in [1.82, 2.24) is 5.32 Å². The SMILES string of the molecule is C[C@@H](NC(=O)c1ccc(O)cc1F)[C@H]1CCOC1. The molecule has 5 heteroatoms. The van der Waals surface area contributed by atoms with Gasteiger partial charge in [-0.05, 0) is 25.5 Å². The summed E-state index contributed by atoms with van der Waals surface area (Å²) < 4.78 is 18.7. The van der Waals surface area contributed by atoms with Crippen molar-refractivity contribution in [2.24, 2.45) is 5.92 Å². The van der Waals surface area contributed by atoms with Crippen molar-refractivity contribution in [3.8, 4) is 5.75 Å². The zero-order chi connectivity index (χ0) is 13.1. The van der Waals surface area contributed by atoms with Crippen LogP contribution in [0.2, 0.25) is 0 Å². The smallest absolute Gasteiger partial charge is 0.254 e. The monoisotopic (exact) mass is 253 g/mol. The number of ether oxygens (including phenoxy) is 1. The highest BCUT2D eigenvalue weighted by Crippen LogP contribution is 2.18. The van der Waals surface area contributed by atoms with Crippen molar-refractivity contribution < 1.29 is 19.0 Å². The van der Waals surface area contributed by atoms with Crippen LogP contribution in [0.4, 0.5) is 4.39 Å². The van der Waals surface area contributed by atoms with Gasteiger partial charge in [0.15, 0.2) is 0 Å². The topological polar surface area (TPSA) is 58.6 Å². The Morgan fingerprint density at radius 1 is 1.61 bits per heavy atom. The molecular weight excluding hydrogens is 237 g/mol. The van der Waals surface area contributed by atoms with Crippen LogP contribution < -0.4 is 5.32 Å². The van der Waals surface area contributed by atoms with Gasteiger partial charge in [0.2, 0.25) is 0 Å². The minimum atomic E-state index is -0.720. The number of nitrogens with one attached hydrogen (secondary N) is 1. The van der Waals surface area contributed by atoms with Gasteiger partial charge in [-0.1, -0.05) is 0 Å². The van der Waals surface area contributed by atoms with Crippen LogP contribution in [0.5, 0.6) is 5.75 Å². The molecule has 0 unspecified atom stereocenters. The lowest BCUT2D eigenvalue weighted by molar-refractivity contribution is 0.0918. The van der Waals surface area contributed by atoms with E-state index in [4.69, 9.17) is 9.84 Å². The van der Waals surface area contributed by atoms with Gasteiger partial charge in [-0.15, -0.1) is 0 Å². The fourth-order valence-electron chi connectivity index (χ4n) is 2.04. The number of benzene rings is 1. The second-order valence-electron chi connectivity index (χ2n) is 4.55. The third-order valence-corrected chi connectivity index (χ3v) is 3.23. The maximum atomic E-state index is 13.5. The van der Waals surface area contributed by atoms with E-state index in [0.717, 1.165) is 12.5 Å². The molecule has 0 saturated carbocycles. The van der Waals surface area contributed by atoms with E-state index in [-0.39, 0.29) is 23.3 Å². The molecule has 0 radical (unpaired) electrons. The third-order valence-electron chi connectivity index (χ3n) is 3.23. The summed E-state index contributed by atoms with van der Waals surface area (Å²) in [6.07, 6.45) is 0.902. The van der Waals surface area contributed by atoms with Crippen LogP contribution >= 0.6 is 0 Å². The number of rotatable bonds is 3. The molecule has 4 nitrogen and oxygen atoms in total. The van der Waals surface area contributed by atoms with E-state index in [1.54, 1.807) is 0 Å². The number of carbonyl (C=O) groups excluding carboxylic acids is 1. The maximum absolute atomic E-state index is 13.5. The molecular formula is C13H16FNO3. The van der Waals surface area contributed by atoms with Crippen molar-refractivity contribution in [1.29, 1.82) is 0 Å². The zero-order valence-electron chi connectivity index (χ0n) is 10.1. The Morgan fingerprint density at radius 2 is 2.39 bits per heavy atom. The largest absolute Gasteiger partial charge is 0.508 e. The van der Waals surface area contributed by atoms with E-state index in [1.165, 1.54) is 12.1 Å². The molecule has 1 aliphatic rings. The normalized spacial score (nSPS) is 20.7. The van der Waals surface area contributed by atoms with Gasteiger partial charge in [-0.2, -0.15) is 0 Å². The van der Waals surface area contributed by atoms with Crippen LogP contribution in [0.1, 0.15) is 23.7 Å². The van der Waals surface area contributed by atoms with E-state index in [0.29, 0.717) is 13.2 Å². The van der Waals surface area contributed by atoms with Gasteiger partial charge in [-0.25, -0.2) is 4.39 Å². The van der Waals surface area contributed by atoms with E-state index < -0.39 is 11.7 Å². The highest BCUT2D eigenvalue weighted by Gasteiger charge is 2.24. The molecule has 0 spiro atoms. The summed E-state index contributed by atoms with van der Waals surface area (Å²) in [6.45, 7) is 3.22. The number of hydrogen-bond acceptors (Lipinski definition) is 3. The first-order valence-corrected chi connectivity index (χ1v) is 5.95. The lowest BCUT2D eigenvalue weighted by Gasteiger charge is -2.19. The number of phenols is 1. The predicted molar refractivity (Wildman–Crippen MR) is 63.9 cm³/mol. The fraction of sp³-hybridized carbons (Fsp3) is 0.462. The van der Waals surface area contributed by atoms with Gasteiger partial charge >= 0.3 is 0 Å². The molecule has 0 aromatic heterocycles. The predicted octanol–water partition coefficient (Wildman–Crippen LogP) is 1.69. The Morgan fingerprint density at radius 3 is 3.00 bits per heavy atom. The number of amides is 1. The highest BCUT2D eigenvalue weighted by molar-refractivity contribution is 5.94. The van der Waals surface area contributed by atoms with Gasteiger partial charge in [0.1, 0.15) is 11.6 Å². The van der Waals surface area contributed by atoms with E-state index in [1.807, 2.05) is 6.92 Å². The maximum Gasteiger partial charge on any atom is 0.254 e. The summed E-state index contributed by atoms with van der Waals surface area (Å²) in [5.41, 5.74) is -0.0569. The fourth-order valence-corrected chi connectivity index (χ4v) is 2.04. The van der Waals surface area contributed by atoms with Crippen LogP contribution in [-0.2, 0) is 4.74 Å². The van der Waals surface area contributed by atoms with Gasteiger partial charge in [0.25, 0.3) is 5.91 Å². The Hall–Kier alpha value is -1.62. The molecule has 1 saturated heterocycles. The van der Waals surface area contributed by atoms with Crippen molar-refractivity contribution in [3.63, 3.8) is 0 Å². The number of hydrogen-bond donors (Lipinski definition) is 2. The molecule has 1 aromatic rings. The van der Waals surface area contributed by atoms with E-state index in [2.05, 4.69) is 5.32 Å². The lowest BCUT2D eigenvalue weighted by atomic mass is 10.0. The molecule has 18 heavy (non-hydrogen) atoms. The third kappa shape index (κ3) is 2.79. The molecule has 0 bridgehead atoms. The number of aromatic hydroxyl groups is 1. The Labute approximate surface area is 105 Å². The summed E-state index contributed by atoms with van der Waals surface area (Å²) in [5, 5.41) is 11.8. The van der Waals surface area contributed by atoms with E-state index >= 15 is 0 Å². The van der Waals surface area contributed by atoms with Gasteiger partial charge in [0.05, 0.1) is 12.2 Å². The summed E-state index contributed by atoms with van der Waals surface area (Å²) >= 11 is 0. The minimum absolute atomic E-state index is 0.0569. The minimum Gasteiger partial charge on any atom is -0.508 e. The number of halogens is 1. The van der Waals surface area contributed by atoms with Crippen molar-refractivity contribution >= 4 is 5.91 Å². The quantitative estimate of drug-likeness (QED) is 0.861. The Kier molecular flexibility index (Phi) is 3.81. The van der Waals surface area contributed by atoms with Crippen LogP contribution in [0.3, 0.4) is 0 Å². The first-order valence-electron chi connectivity index (χ1n) is 5.95. The first-order chi connectivity index (χ1) is 8.58. The van der Waals surface area contributed by atoms with Crippen LogP contribution in [0, 0.1) is 11.7 Å². The molecule has 1 aliphatic heterocycles. The van der Waals surface area contributed by atoms with Crippen molar-refractivity contribution in [2.75, 3.05) is 13.2 Å². The van der Waals surface area contributed by atoms with Crippen molar-refractivity contribution in [2.45, 2.75) is 19.4 Å². The summed E-state index contributed by atoms with van der Waals surface area (Å²) in [4.78, 5) is 11.9. The molecule has 2 rings (SSSR count). The molecule has 2 N–H and O–H groups in total. The van der Waals surface area contributed by atoms with Gasteiger partial charge in [0, 0.05) is 24.6 Å².